The van der Waals surface area contributed by atoms with Crippen LogP contribution >= 0.6 is 12.4 Å². The first-order chi connectivity index (χ1) is 9.22. The summed E-state index contributed by atoms with van der Waals surface area (Å²) >= 11 is 0. The molecule has 2 N–H and O–H groups in total. The molecule has 1 aromatic carbocycles. The van der Waals surface area contributed by atoms with Crippen LogP contribution in [-0.2, 0) is 0 Å². The lowest BCUT2D eigenvalue weighted by Crippen LogP contribution is -2.45. The summed E-state index contributed by atoms with van der Waals surface area (Å²) in [6, 6.07) is 9.28. The van der Waals surface area contributed by atoms with Crippen LogP contribution in [0.3, 0.4) is 0 Å². The van der Waals surface area contributed by atoms with Gasteiger partial charge in [0.2, 0.25) is 0 Å². The minimum absolute atomic E-state index is 0. The lowest BCUT2D eigenvalue weighted by molar-refractivity contribution is 0.141. The molecule has 0 aromatic heterocycles. The Morgan fingerprint density at radius 3 is 2.15 bits per heavy atom. The molecule has 0 spiro atoms. The largest absolute Gasteiger partial charge is 0.396 e. The van der Waals surface area contributed by atoms with E-state index in [9.17, 15) is 5.11 Å². The van der Waals surface area contributed by atoms with Gasteiger partial charge in [-0.15, -0.1) is 12.4 Å². The number of halogens is 1. The van der Waals surface area contributed by atoms with E-state index in [1.807, 2.05) is 0 Å². The highest BCUT2D eigenvalue weighted by atomic mass is 35.5. The summed E-state index contributed by atoms with van der Waals surface area (Å²) in [4.78, 5) is 2.48. The van der Waals surface area contributed by atoms with Gasteiger partial charge in [0, 0.05) is 38.8 Å². The summed E-state index contributed by atoms with van der Waals surface area (Å²) < 4.78 is 0. The highest BCUT2D eigenvalue weighted by Crippen LogP contribution is 2.26. The molecule has 0 saturated carbocycles. The second-order valence-corrected chi connectivity index (χ2v) is 5.64. The molecular formula is C16H27ClN2O. The van der Waals surface area contributed by atoms with E-state index in [1.165, 1.54) is 11.1 Å². The summed E-state index contributed by atoms with van der Waals surface area (Å²) in [7, 11) is 0. The third-order valence-electron chi connectivity index (χ3n) is 3.98. The van der Waals surface area contributed by atoms with E-state index in [-0.39, 0.29) is 19.0 Å². The smallest absolute Gasteiger partial charge is 0.0449 e. The molecule has 2 rings (SSSR count). The molecule has 1 atom stereocenters. The molecule has 1 aliphatic heterocycles. The van der Waals surface area contributed by atoms with Crippen molar-refractivity contribution in [2.24, 2.45) is 0 Å². The SMILES string of the molecule is CC(C)c1ccc([C@@H](CCO)N2CCNCC2)cc1.Cl. The van der Waals surface area contributed by atoms with Gasteiger partial charge in [-0.25, -0.2) is 0 Å². The van der Waals surface area contributed by atoms with Crippen molar-refractivity contribution in [3.63, 3.8) is 0 Å². The van der Waals surface area contributed by atoms with E-state index in [4.69, 9.17) is 0 Å². The molecule has 20 heavy (non-hydrogen) atoms. The molecule has 1 aliphatic rings. The van der Waals surface area contributed by atoms with Gasteiger partial charge in [0.25, 0.3) is 0 Å². The van der Waals surface area contributed by atoms with Crippen LogP contribution in [0, 0.1) is 0 Å². The van der Waals surface area contributed by atoms with Crippen LogP contribution in [0.25, 0.3) is 0 Å². The van der Waals surface area contributed by atoms with Crippen molar-refractivity contribution in [3.05, 3.63) is 35.4 Å². The van der Waals surface area contributed by atoms with Crippen LogP contribution in [-0.4, -0.2) is 42.8 Å². The molecule has 3 nitrogen and oxygen atoms in total. The zero-order valence-corrected chi connectivity index (χ0v) is 13.3. The number of piperazine rings is 1. The van der Waals surface area contributed by atoms with E-state index in [0.717, 1.165) is 32.6 Å². The van der Waals surface area contributed by atoms with Crippen LogP contribution in [0.2, 0.25) is 0 Å². The molecule has 1 aromatic rings. The molecule has 0 amide bonds. The summed E-state index contributed by atoms with van der Waals surface area (Å²) in [5.41, 5.74) is 2.71. The Labute approximate surface area is 128 Å². The summed E-state index contributed by atoms with van der Waals surface area (Å²) in [5.74, 6) is 0.574. The predicted octanol–water partition coefficient (Wildman–Crippen LogP) is 2.56. The number of aliphatic hydroxyl groups is 1. The topological polar surface area (TPSA) is 35.5 Å². The molecule has 0 bridgehead atoms. The maximum atomic E-state index is 9.33. The average Bonchev–Trinajstić information content (AvgIpc) is 2.46. The molecule has 0 radical (unpaired) electrons. The number of hydrogen-bond donors (Lipinski definition) is 2. The van der Waals surface area contributed by atoms with Crippen molar-refractivity contribution < 1.29 is 5.11 Å². The van der Waals surface area contributed by atoms with E-state index in [2.05, 4.69) is 48.3 Å². The number of nitrogens with zero attached hydrogens (tertiary/aromatic N) is 1. The van der Waals surface area contributed by atoms with Crippen molar-refractivity contribution in [1.29, 1.82) is 0 Å². The van der Waals surface area contributed by atoms with E-state index in [0.29, 0.717) is 12.0 Å². The third kappa shape index (κ3) is 4.45. The standard InChI is InChI=1S/C16H26N2O.ClH/c1-13(2)14-3-5-15(6-4-14)16(7-12-19)18-10-8-17-9-11-18;/h3-6,13,16-17,19H,7-12H2,1-2H3;1H/t16-;/m1./s1. The van der Waals surface area contributed by atoms with Gasteiger partial charge >= 0.3 is 0 Å². The normalized spacial score (nSPS) is 17.8. The Kier molecular flexibility index (Phi) is 7.52. The minimum atomic E-state index is 0. The number of aliphatic hydroxyl groups excluding tert-OH is 1. The Balaban J connectivity index is 0.00000200. The van der Waals surface area contributed by atoms with Gasteiger partial charge in [0.15, 0.2) is 0 Å². The fourth-order valence-corrected chi connectivity index (χ4v) is 2.78. The fourth-order valence-electron chi connectivity index (χ4n) is 2.78. The predicted molar refractivity (Wildman–Crippen MR) is 86.7 cm³/mol. The van der Waals surface area contributed by atoms with Crippen molar-refractivity contribution in [2.75, 3.05) is 32.8 Å². The first-order valence-corrected chi connectivity index (χ1v) is 7.38. The van der Waals surface area contributed by atoms with Gasteiger partial charge in [-0.2, -0.15) is 0 Å². The first kappa shape index (κ1) is 17.4. The quantitative estimate of drug-likeness (QED) is 0.877. The number of nitrogens with one attached hydrogen (secondary N) is 1. The molecule has 0 unspecified atom stereocenters. The molecule has 114 valence electrons. The number of benzene rings is 1. The fraction of sp³-hybridized carbons (Fsp3) is 0.625. The van der Waals surface area contributed by atoms with Crippen molar-refractivity contribution in [3.8, 4) is 0 Å². The van der Waals surface area contributed by atoms with Gasteiger partial charge in [-0.05, 0) is 23.5 Å². The molecule has 1 saturated heterocycles. The zero-order chi connectivity index (χ0) is 13.7. The summed E-state index contributed by atoms with van der Waals surface area (Å²) in [5, 5.41) is 12.7. The minimum Gasteiger partial charge on any atom is -0.396 e. The second kappa shape index (κ2) is 8.63. The van der Waals surface area contributed by atoms with Crippen molar-refractivity contribution >= 4 is 12.4 Å². The molecule has 1 fully saturated rings. The van der Waals surface area contributed by atoms with Crippen LogP contribution < -0.4 is 5.32 Å². The molecule has 4 heteroatoms. The third-order valence-corrected chi connectivity index (χ3v) is 3.98. The molecular weight excluding hydrogens is 272 g/mol. The molecule has 1 heterocycles. The van der Waals surface area contributed by atoms with Crippen LogP contribution in [0.15, 0.2) is 24.3 Å². The van der Waals surface area contributed by atoms with Crippen molar-refractivity contribution in [2.45, 2.75) is 32.2 Å². The lowest BCUT2D eigenvalue weighted by atomic mass is 9.96. The molecule has 0 aliphatic carbocycles. The van der Waals surface area contributed by atoms with E-state index < -0.39 is 0 Å². The van der Waals surface area contributed by atoms with Gasteiger partial charge in [-0.3, -0.25) is 4.90 Å². The van der Waals surface area contributed by atoms with Gasteiger partial charge in [-0.1, -0.05) is 38.1 Å². The first-order valence-electron chi connectivity index (χ1n) is 7.38. The van der Waals surface area contributed by atoms with E-state index in [1.54, 1.807) is 0 Å². The summed E-state index contributed by atoms with van der Waals surface area (Å²) in [6.45, 7) is 8.92. The second-order valence-electron chi connectivity index (χ2n) is 5.64. The van der Waals surface area contributed by atoms with Gasteiger partial charge < -0.3 is 10.4 Å². The highest BCUT2D eigenvalue weighted by molar-refractivity contribution is 5.85. The Morgan fingerprint density at radius 2 is 1.65 bits per heavy atom. The Morgan fingerprint density at radius 1 is 1.10 bits per heavy atom. The monoisotopic (exact) mass is 298 g/mol. The average molecular weight is 299 g/mol. The maximum absolute atomic E-state index is 9.33. The van der Waals surface area contributed by atoms with Gasteiger partial charge in [0.05, 0.1) is 0 Å². The Bertz CT molecular complexity index is 375. The van der Waals surface area contributed by atoms with Crippen LogP contribution in [0.4, 0.5) is 0 Å². The van der Waals surface area contributed by atoms with Crippen LogP contribution in [0.5, 0.6) is 0 Å². The van der Waals surface area contributed by atoms with E-state index >= 15 is 0 Å². The highest BCUT2D eigenvalue weighted by Gasteiger charge is 2.21. The zero-order valence-electron chi connectivity index (χ0n) is 12.5. The Hall–Kier alpha value is -0.610. The number of rotatable bonds is 5. The van der Waals surface area contributed by atoms with Gasteiger partial charge in [0.1, 0.15) is 0 Å². The lowest BCUT2D eigenvalue weighted by Gasteiger charge is -2.35. The summed E-state index contributed by atoms with van der Waals surface area (Å²) in [6.07, 6.45) is 0.820. The maximum Gasteiger partial charge on any atom is 0.0449 e. The number of hydrogen-bond acceptors (Lipinski definition) is 3. The van der Waals surface area contributed by atoms with Crippen molar-refractivity contribution in [1.82, 2.24) is 10.2 Å². The van der Waals surface area contributed by atoms with Crippen LogP contribution in [0.1, 0.15) is 43.4 Å².